The van der Waals surface area contributed by atoms with Crippen LogP contribution in [0.2, 0.25) is 0 Å². The zero-order valence-corrected chi connectivity index (χ0v) is 13.3. The largest absolute Gasteiger partial charge is 0.497 e. The van der Waals surface area contributed by atoms with Crippen LogP contribution in [0.1, 0.15) is 30.9 Å². The summed E-state index contributed by atoms with van der Waals surface area (Å²) < 4.78 is 5.27. The van der Waals surface area contributed by atoms with Crippen molar-refractivity contribution in [1.29, 1.82) is 0 Å². The van der Waals surface area contributed by atoms with Crippen LogP contribution >= 0.6 is 12.2 Å². The molecule has 0 aromatic heterocycles. The molecule has 0 atom stereocenters. The van der Waals surface area contributed by atoms with Gasteiger partial charge >= 0.3 is 0 Å². The van der Waals surface area contributed by atoms with Gasteiger partial charge in [0.15, 0.2) is 0 Å². The maximum absolute atomic E-state index is 5.79. The van der Waals surface area contributed by atoms with Crippen LogP contribution in [0.15, 0.2) is 42.5 Å². The number of nitrogens with two attached hydrogens (primary N) is 1. The van der Waals surface area contributed by atoms with E-state index in [1.54, 1.807) is 7.11 Å². The zero-order valence-electron chi connectivity index (χ0n) is 12.5. The van der Waals surface area contributed by atoms with Crippen LogP contribution < -0.4 is 15.8 Å². The summed E-state index contributed by atoms with van der Waals surface area (Å²) in [5.41, 5.74) is 9.73. The minimum atomic E-state index is 0.361. The fraction of sp³-hybridized carbons (Fsp3) is 0.235. The summed E-state index contributed by atoms with van der Waals surface area (Å²) in [6, 6.07) is 13.9. The van der Waals surface area contributed by atoms with Gasteiger partial charge in [-0.15, -0.1) is 0 Å². The molecular formula is C17H20N2OS. The zero-order chi connectivity index (χ0) is 15.4. The molecule has 0 aliphatic rings. The first kappa shape index (κ1) is 15.3. The summed E-state index contributed by atoms with van der Waals surface area (Å²) in [5.74, 6) is 1.24. The van der Waals surface area contributed by atoms with E-state index in [1.165, 1.54) is 5.56 Å². The van der Waals surface area contributed by atoms with E-state index in [4.69, 9.17) is 22.7 Å². The molecule has 0 aliphatic carbocycles. The van der Waals surface area contributed by atoms with Crippen LogP contribution in [-0.2, 0) is 0 Å². The number of hydrogen-bond acceptors (Lipinski definition) is 3. The van der Waals surface area contributed by atoms with E-state index in [1.807, 2.05) is 30.3 Å². The lowest BCUT2D eigenvalue weighted by atomic mass is 10.0. The third kappa shape index (κ3) is 3.73. The maximum atomic E-state index is 5.79. The Hall–Kier alpha value is -2.07. The number of thiocarbonyl (C=S) groups is 1. The van der Waals surface area contributed by atoms with E-state index < -0.39 is 0 Å². The lowest BCUT2D eigenvalue weighted by molar-refractivity contribution is 0.415. The van der Waals surface area contributed by atoms with Crippen LogP contribution in [-0.4, -0.2) is 12.1 Å². The Labute approximate surface area is 131 Å². The van der Waals surface area contributed by atoms with Crippen molar-refractivity contribution in [2.24, 2.45) is 5.73 Å². The van der Waals surface area contributed by atoms with Gasteiger partial charge in [0.1, 0.15) is 10.7 Å². The highest BCUT2D eigenvalue weighted by Crippen LogP contribution is 2.27. The van der Waals surface area contributed by atoms with Gasteiger partial charge in [0.2, 0.25) is 0 Å². The molecule has 2 aromatic rings. The fourth-order valence-corrected chi connectivity index (χ4v) is 2.28. The number of anilines is 2. The highest BCUT2D eigenvalue weighted by atomic mass is 32.1. The van der Waals surface area contributed by atoms with Crippen molar-refractivity contribution in [3.05, 3.63) is 53.6 Å². The number of hydrogen-bond donors (Lipinski definition) is 2. The Morgan fingerprint density at radius 2 is 1.95 bits per heavy atom. The molecule has 21 heavy (non-hydrogen) atoms. The third-order valence-corrected chi connectivity index (χ3v) is 3.54. The molecule has 0 bridgehead atoms. The van der Waals surface area contributed by atoms with Crippen molar-refractivity contribution in [1.82, 2.24) is 0 Å². The minimum Gasteiger partial charge on any atom is -0.497 e. The molecule has 0 unspecified atom stereocenters. The molecule has 110 valence electrons. The molecule has 2 aromatic carbocycles. The molecule has 0 saturated heterocycles. The molecule has 0 amide bonds. The summed E-state index contributed by atoms with van der Waals surface area (Å²) in [6.45, 7) is 4.34. The van der Waals surface area contributed by atoms with E-state index in [9.17, 15) is 0 Å². The maximum Gasteiger partial charge on any atom is 0.120 e. The smallest absolute Gasteiger partial charge is 0.120 e. The number of methoxy groups -OCH3 is 1. The SMILES string of the molecule is COc1ccc(C(N)=S)c(Nc2cccc(C(C)C)c2)c1. The van der Waals surface area contributed by atoms with E-state index in [2.05, 4.69) is 31.3 Å². The van der Waals surface area contributed by atoms with Crippen molar-refractivity contribution in [3.8, 4) is 5.75 Å². The van der Waals surface area contributed by atoms with E-state index in [-0.39, 0.29) is 0 Å². The molecule has 0 saturated carbocycles. The molecule has 0 fully saturated rings. The summed E-state index contributed by atoms with van der Waals surface area (Å²) in [6.07, 6.45) is 0. The van der Waals surface area contributed by atoms with Gasteiger partial charge in [-0.2, -0.15) is 0 Å². The second kappa shape index (κ2) is 6.59. The van der Waals surface area contributed by atoms with Gasteiger partial charge in [-0.05, 0) is 35.7 Å². The molecular weight excluding hydrogens is 280 g/mol. The number of nitrogens with one attached hydrogen (secondary N) is 1. The van der Waals surface area contributed by atoms with Crippen molar-refractivity contribution in [3.63, 3.8) is 0 Å². The van der Waals surface area contributed by atoms with Crippen LogP contribution in [0.25, 0.3) is 0 Å². The summed E-state index contributed by atoms with van der Waals surface area (Å²) >= 11 is 5.11. The van der Waals surface area contributed by atoms with Crippen LogP contribution in [0.5, 0.6) is 5.75 Å². The molecule has 0 spiro atoms. The average molecular weight is 300 g/mol. The van der Waals surface area contributed by atoms with Gasteiger partial charge in [-0.25, -0.2) is 0 Å². The number of ether oxygens (including phenoxy) is 1. The third-order valence-electron chi connectivity index (χ3n) is 3.32. The topological polar surface area (TPSA) is 47.3 Å². The average Bonchev–Trinajstić information content (AvgIpc) is 2.47. The molecule has 3 N–H and O–H groups in total. The van der Waals surface area contributed by atoms with Crippen LogP contribution in [0.3, 0.4) is 0 Å². The number of rotatable bonds is 5. The fourth-order valence-electron chi connectivity index (χ4n) is 2.10. The Morgan fingerprint density at radius 1 is 1.19 bits per heavy atom. The lowest BCUT2D eigenvalue weighted by Crippen LogP contribution is -2.12. The highest BCUT2D eigenvalue weighted by Gasteiger charge is 2.08. The minimum absolute atomic E-state index is 0.361. The highest BCUT2D eigenvalue weighted by molar-refractivity contribution is 7.80. The predicted octanol–water partition coefficient (Wildman–Crippen LogP) is 4.20. The Kier molecular flexibility index (Phi) is 4.81. The molecule has 0 radical (unpaired) electrons. The monoisotopic (exact) mass is 300 g/mol. The van der Waals surface area contributed by atoms with Crippen molar-refractivity contribution >= 4 is 28.6 Å². The normalized spacial score (nSPS) is 10.5. The van der Waals surface area contributed by atoms with Crippen molar-refractivity contribution in [2.75, 3.05) is 12.4 Å². The van der Waals surface area contributed by atoms with Crippen molar-refractivity contribution in [2.45, 2.75) is 19.8 Å². The molecule has 0 heterocycles. The first-order chi connectivity index (χ1) is 10.0. The van der Waals surface area contributed by atoms with Crippen LogP contribution in [0, 0.1) is 0 Å². The molecule has 4 heteroatoms. The predicted molar refractivity (Wildman–Crippen MR) is 92.7 cm³/mol. The van der Waals surface area contributed by atoms with Gasteiger partial charge in [-0.1, -0.05) is 38.2 Å². The molecule has 0 aliphatic heterocycles. The quantitative estimate of drug-likeness (QED) is 0.813. The van der Waals surface area contributed by atoms with Gasteiger partial charge < -0.3 is 15.8 Å². The second-order valence-electron chi connectivity index (χ2n) is 5.18. The Bertz CT molecular complexity index is 653. The number of benzene rings is 2. The Balaban J connectivity index is 2.38. The van der Waals surface area contributed by atoms with Crippen molar-refractivity contribution < 1.29 is 4.74 Å². The Morgan fingerprint density at radius 3 is 2.57 bits per heavy atom. The van der Waals surface area contributed by atoms with Gasteiger partial charge in [0.25, 0.3) is 0 Å². The summed E-state index contributed by atoms with van der Waals surface area (Å²) in [7, 11) is 1.64. The standard InChI is InChI=1S/C17H20N2OS/c1-11(2)12-5-4-6-13(9-12)19-16-10-14(20-3)7-8-15(16)17(18)21/h4-11,19H,1-3H3,(H2,18,21). The first-order valence-electron chi connectivity index (χ1n) is 6.86. The van der Waals surface area contributed by atoms with Gasteiger partial charge in [0, 0.05) is 17.3 Å². The van der Waals surface area contributed by atoms with Crippen LogP contribution in [0.4, 0.5) is 11.4 Å². The second-order valence-corrected chi connectivity index (χ2v) is 5.62. The van der Waals surface area contributed by atoms with E-state index in [0.29, 0.717) is 10.9 Å². The summed E-state index contributed by atoms with van der Waals surface area (Å²) in [5, 5.41) is 3.38. The van der Waals surface area contributed by atoms with Gasteiger partial charge in [-0.3, -0.25) is 0 Å². The molecule has 2 rings (SSSR count). The lowest BCUT2D eigenvalue weighted by Gasteiger charge is -2.14. The van der Waals surface area contributed by atoms with E-state index >= 15 is 0 Å². The van der Waals surface area contributed by atoms with E-state index in [0.717, 1.165) is 22.7 Å². The van der Waals surface area contributed by atoms with Gasteiger partial charge in [0.05, 0.1) is 12.8 Å². The molecule has 3 nitrogen and oxygen atoms in total. The first-order valence-corrected chi connectivity index (χ1v) is 7.27. The summed E-state index contributed by atoms with van der Waals surface area (Å²) in [4.78, 5) is 0.361.